The number of H-pyrrole nitrogens is 1. The van der Waals surface area contributed by atoms with Gasteiger partial charge in [0.15, 0.2) is 0 Å². The van der Waals surface area contributed by atoms with Crippen LogP contribution in [-0.2, 0) is 16.1 Å². The number of aromatic nitrogens is 1. The van der Waals surface area contributed by atoms with E-state index in [-0.39, 0.29) is 12.7 Å². The van der Waals surface area contributed by atoms with Crippen LogP contribution < -0.4 is 5.32 Å². The van der Waals surface area contributed by atoms with Crippen LogP contribution in [0.5, 0.6) is 0 Å². The van der Waals surface area contributed by atoms with Gasteiger partial charge in [-0.1, -0.05) is 6.07 Å². The highest BCUT2D eigenvalue weighted by Crippen LogP contribution is 2.13. The topological polar surface area (TPSA) is 54.1 Å². The van der Waals surface area contributed by atoms with Crippen LogP contribution in [-0.4, -0.2) is 17.7 Å². The monoisotopic (exact) mass is 218 g/mol. The number of aromatic amines is 1. The van der Waals surface area contributed by atoms with Crippen molar-refractivity contribution < 1.29 is 9.53 Å². The normalized spacial score (nSPS) is 10.6. The number of hydrogen-bond donors (Lipinski definition) is 2. The highest BCUT2D eigenvalue weighted by atomic mass is 16.5. The smallest absolute Gasteiger partial charge is 0.303 e. The van der Waals surface area contributed by atoms with Gasteiger partial charge in [0.2, 0.25) is 0 Å². The summed E-state index contributed by atoms with van der Waals surface area (Å²) in [5.74, 6) is -0.270. The molecule has 0 saturated carbocycles. The van der Waals surface area contributed by atoms with Crippen LogP contribution in [0.4, 0.5) is 0 Å². The maximum atomic E-state index is 10.5. The highest BCUT2D eigenvalue weighted by Gasteiger charge is 1.97. The number of ether oxygens (including phenoxy) is 1. The summed E-state index contributed by atoms with van der Waals surface area (Å²) in [7, 11) is 0. The van der Waals surface area contributed by atoms with E-state index in [9.17, 15) is 4.79 Å². The molecular weight excluding hydrogens is 204 g/mol. The van der Waals surface area contributed by atoms with Crippen LogP contribution in [0, 0.1) is 0 Å². The zero-order chi connectivity index (χ0) is 11.4. The molecule has 1 heterocycles. The molecule has 0 spiro atoms. The minimum absolute atomic E-state index is 0.251. The summed E-state index contributed by atoms with van der Waals surface area (Å²) >= 11 is 0. The summed E-state index contributed by atoms with van der Waals surface area (Å²) < 4.78 is 4.78. The van der Waals surface area contributed by atoms with E-state index >= 15 is 0 Å². The maximum absolute atomic E-state index is 10.5. The molecule has 1 aromatic heterocycles. The molecule has 0 saturated heterocycles. The molecule has 16 heavy (non-hydrogen) atoms. The fraction of sp³-hybridized carbons (Fsp3) is 0.250. The molecule has 2 N–H and O–H groups in total. The van der Waals surface area contributed by atoms with Crippen molar-refractivity contribution in [3.8, 4) is 0 Å². The van der Waals surface area contributed by atoms with E-state index in [1.807, 2.05) is 24.4 Å². The quantitative estimate of drug-likeness (QED) is 0.467. The first-order valence-electron chi connectivity index (χ1n) is 5.16. The van der Waals surface area contributed by atoms with Crippen LogP contribution in [0.2, 0.25) is 0 Å². The van der Waals surface area contributed by atoms with E-state index in [1.54, 1.807) is 0 Å². The summed E-state index contributed by atoms with van der Waals surface area (Å²) in [5, 5.41) is 4.22. The third-order valence-corrected chi connectivity index (χ3v) is 2.32. The predicted octanol–water partition coefficient (Wildman–Crippen LogP) is 1.78. The number of carbonyl (C=O) groups is 1. The number of rotatable bonds is 4. The molecule has 4 heteroatoms. The van der Waals surface area contributed by atoms with Gasteiger partial charge >= 0.3 is 5.97 Å². The molecule has 4 nitrogen and oxygen atoms in total. The highest BCUT2D eigenvalue weighted by molar-refractivity contribution is 5.79. The molecule has 0 aliphatic rings. The van der Waals surface area contributed by atoms with Gasteiger partial charge in [-0.15, -0.1) is 0 Å². The van der Waals surface area contributed by atoms with Crippen LogP contribution in [0.25, 0.3) is 10.9 Å². The van der Waals surface area contributed by atoms with Crippen LogP contribution in [0.1, 0.15) is 12.5 Å². The number of hydrogen-bond acceptors (Lipinski definition) is 3. The second kappa shape index (κ2) is 4.81. The maximum Gasteiger partial charge on any atom is 0.303 e. The van der Waals surface area contributed by atoms with E-state index in [4.69, 9.17) is 4.74 Å². The first-order valence-corrected chi connectivity index (χ1v) is 5.16. The standard InChI is InChI=1S/C12H14N2O2/c1-9(15)16-8-13-7-10-2-3-12-11(6-10)4-5-14-12/h2-6,13-14H,7-8H2,1H3. The van der Waals surface area contributed by atoms with E-state index in [2.05, 4.69) is 16.4 Å². The second-order valence-corrected chi connectivity index (χ2v) is 3.61. The zero-order valence-corrected chi connectivity index (χ0v) is 9.12. The van der Waals surface area contributed by atoms with Crippen molar-refractivity contribution >= 4 is 16.9 Å². The number of carbonyl (C=O) groups excluding carboxylic acids is 1. The molecule has 0 atom stereocenters. The Morgan fingerprint density at radius 1 is 1.44 bits per heavy atom. The fourth-order valence-corrected chi connectivity index (χ4v) is 1.56. The van der Waals surface area contributed by atoms with Gasteiger partial charge in [0, 0.05) is 25.2 Å². The van der Waals surface area contributed by atoms with Crippen molar-refractivity contribution in [3.63, 3.8) is 0 Å². The molecule has 1 aromatic carbocycles. The molecule has 0 fully saturated rings. The molecular formula is C12H14N2O2. The van der Waals surface area contributed by atoms with Gasteiger partial charge in [-0.25, -0.2) is 0 Å². The third-order valence-electron chi connectivity index (χ3n) is 2.32. The summed E-state index contributed by atoms with van der Waals surface area (Å²) in [5.41, 5.74) is 2.29. The van der Waals surface area contributed by atoms with Crippen molar-refractivity contribution in [1.82, 2.24) is 10.3 Å². The van der Waals surface area contributed by atoms with Crippen LogP contribution >= 0.6 is 0 Å². The Morgan fingerprint density at radius 3 is 3.12 bits per heavy atom. The van der Waals surface area contributed by atoms with Gasteiger partial charge in [-0.2, -0.15) is 0 Å². The lowest BCUT2D eigenvalue weighted by atomic mass is 10.1. The van der Waals surface area contributed by atoms with Gasteiger partial charge in [-0.3, -0.25) is 10.1 Å². The van der Waals surface area contributed by atoms with Gasteiger partial charge in [0.1, 0.15) is 6.73 Å². The average molecular weight is 218 g/mol. The van der Waals surface area contributed by atoms with Crippen LogP contribution in [0.3, 0.4) is 0 Å². The van der Waals surface area contributed by atoms with Crippen molar-refractivity contribution in [2.75, 3.05) is 6.73 Å². The lowest BCUT2D eigenvalue weighted by molar-refractivity contribution is -0.141. The second-order valence-electron chi connectivity index (χ2n) is 3.61. The van der Waals surface area contributed by atoms with Gasteiger partial charge in [0.25, 0.3) is 0 Å². The molecule has 84 valence electrons. The molecule has 0 bridgehead atoms. The summed E-state index contributed by atoms with van der Waals surface area (Å²) in [6.07, 6.45) is 1.92. The molecule has 0 amide bonds. The summed E-state index contributed by atoms with van der Waals surface area (Å²) in [6, 6.07) is 8.22. The van der Waals surface area contributed by atoms with Gasteiger partial charge < -0.3 is 9.72 Å². The molecule has 0 radical (unpaired) electrons. The lowest BCUT2D eigenvalue weighted by Gasteiger charge is -2.05. The largest absolute Gasteiger partial charge is 0.450 e. The predicted molar refractivity (Wildman–Crippen MR) is 61.8 cm³/mol. The van der Waals surface area contributed by atoms with E-state index in [0.717, 1.165) is 5.52 Å². The molecule has 0 aliphatic carbocycles. The Kier molecular flexibility index (Phi) is 3.22. The van der Waals surface area contributed by atoms with E-state index < -0.39 is 0 Å². The van der Waals surface area contributed by atoms with Crippen molar-refractivity contribution in [2.24, 2.45) is 0 Å². The SMILES string of the molecule is CC(=O)OCNCc1ccc2[nH]ccc2c1. The van der Waals surface area contributed by atoms with E-state index in [1.165, 1.54) is 17.9 Å². The Labute approximate surface area is 93.6 Å². The van der Waals surface area contributed by atoms with Gasteiger partial charge in [0.05, 0.1) is 0 Å². The first kappa shape index (κ1) is 10.7. The van der Waals surface area contributed by atoms with E-state index in [0.29, 0.717) is 6.54 Å². The molecule has 2 aromatic rings. The Hall–Kier alpha value is -1.81. The molecule has 2 rings (SSSR count). The fourth-order valence-electron chi connectivity index (χ4n) is 1.56. The number of nitrogens with one attached hydrogen (secondary N) is 2. The van der Waals surface area contributed by atoms with Crippen molar-refractivity contribution in [2.45, 2.75) is 13.5 Å². The Morgan fingerprint density at radius 2 is 2.31 bits per heavy atom. The molecule has 0 unspecified atom stereocenters. The van der Waals surface area contributed by atoms with Crippen LogP contribution in [0.15, 0.2) is 30.5 Å². The Balaban J connectivity index is 1.91. The lowest BCUT2D eigenvalue weighted by Crippen LogP contribution is -2.19. The summed E-state index contributed by atoms with van der Waals surface area (Å²) in [4.78, 5) is 13.7. The number of fused-ring (bicyclic) bond motifs is 1. The van der Waals surface area contributed by atoms with Crippen molar-refractivity contribution in [3.05, 3.63) is 36.0 Å². The zero-order valence-electron chi connectivity index (χ0n) is 9.12. The molecule has 0 aliphatic heterocycles. The first-order chi connectivity index (χ1) is 7.75. The minimum Gasteiger partial charge on any atom is -0.450 e. The number of benzene rings is 1. The summed E-state index contributed by atoms with van der Waals surface area (Å²) in [6.45, 7) is 2.34. The average Bonchev–Trinajstić information content (AvgIpc) is 2.71. The Bertz CT molecular complexity index is 490. The number of esters is 1. The van der Waals surface area contributed by atoms with Gasteiger partial charge in [-0.05, 0) is 29.1 Å². The minimum atomic E-state index is -0.270. The van der Waals surface area contributed by atoms with Crippen molar-refractivity contribution in [1.29, 1.82) is 0 Å². The third kappa shape index (κ3) is 2.61.